The van der Waals surface area contributed by atoms with Crippen molar-refractivity contribution >= 4 is 22.7 Å². The molecule has 1 aromatic carbocycles. The maximum atomic E-state index is 12.4. The number of nitrogens with zero attached hydrogens (tertiary/aromatic N) is 3. The number of furan rings is 1. The summed E-state index contributed by atoms with van der Waals surface area (Å²) >= 11 is 0. The average molecular weight is 403 g/mol. The van der Waals surface area contributed by atoms with E-state index in [1.165, 1.54) is 6.26 Å². The van der Waals surface area contributed by atoms with Gasteiger partial charge >= 0.3 is 0 Å². The molecule has 0 aliphatic carbocycles. The molecule has 2 aromatic rings. The summed E-state index contributed by atoms with van der Waals surface area (Å²) in [6.45, 7) is 5.87. The first kappa shape index (κ1) is 20.1. The third-order valence-corrected chi connectivity index (χ3v) is 5.83. The van der Waals surface area contributed by atoms with Gasteiger partial charge in [-0.3, -0.25) is 14.0 Å². The van der Waals surface area contributed by atoms with Crippen LogP contribution in [-0.2, 0) is 10.8 Å². The molecule has 1 aromatic heterocycles. The standard InChI is InChI=1S/C20H26N4O3S/c1-2-21-20(22-10-16-28(26)17-7-4-3-5-8-17)24-13-11-23(12-14-24)19(25)18-9-6-15-27-18/h3-9,15H,2,10-14,16H2,1H3,(H,21,22). The van der Waals surface area contributed by atoms with E-state index < -0.39 is 10.8 Å². The van der Waals surface area contributed by atoms with Crippen LogP contribution in [0.3, 0.4) is 0 Å². The molecule has 1 aliphatic rings. The first-order valence-corrected chi connectivity index (χ1v) is 10.8. The van der Waals surface area contributed by atoms with E-state index in [0.29, 0.717) is 44.2 Å². The fraction of sp³-hybridized carbons (Fsp3) is 0.400. The number of hydrogen-bond acceptors (Lipinski definition) is 4. The maximum Gasteiger partial charge on any atom is 0.289 e. The van der Waals surface area contributed by atoms with Gasteiger partial charge in [0.15, 0.2) is 11.7 Å². The number of guanidine groups is 1. The lowest BCUT2D eigenvalue weighted by atomic mass is 10.3. The van der Waals surface area contributed by atoms with Gasteiger partial charge in [-0.2, -0.15) is 0 Å². The van der Waals surface area contributed by atoms with Gasteiger partial charge in [0.05, 0.1) is 23.6 Å². The van der Waals surface area contributed by atoms with E-state index in [1.54, 1.807) is 17.0 Å². The molecule has 1 N–H and O–H groups in total. The van der Waals surface area contributed by atoms with Crippen molar-refractivity contribution in [1.29, 1.82) is 0 Å². The summed E-state index contributed by atoms with van der Waals surface area (Å²) in [4.78, 5) is 21.8. The number of amides is 1. The minimum absolute atomic E-state index is 0.0788. The molecule has 28 heavy (non-hydrogen) atoms. The Morgan fingerprint density at radius 1 is 1.11 bits per heavy atom. The largest absolute Gasteiger partial charge is 0.459 e. The Hall–Kier alpha value is -2.61. The van der Waals surface area contributed by atoms with Gasteiger partial charge in [-0.05, 0) is 31.2 Å². The van der Waals surface area contributed by atoms with Crippen LogP contribution >= 0.6 is 0 Å². The second-order valence-electron chi connectivity index (χ2n) is 6.35. The van der Waals surface area contributed by atoms with Crippen LogP contribution in [0.2, 0.25) is 0 Å². The molecule has 1 aliphatic heterocycles. The first-order chi connectivity index (χ1) is 13.7. The summed E-state index contributed by atoms with van der Waals surface area (Å²) in [6, 6.07) is 12.9. The SMILES string of the molecule is CCNC(=NCCS(=O)c1ccccc1)N1CCN(C(=O)c2ccco2)CC1. The zero-order valence-electron chi connectivity index (χ0n) is 16.0. The highest BCUT2D eigenvalue weighted by Crippen LogP contribution is 2.10. The van der Waals surface area contributed by atoms with Crippen molar-refractivity contribution < 1.29 is 13.4 Å². The maximum absolute atomic E-state index is 12.4. The van der Waals surface area contributed by atoms with Crippen LogP contribution in [0.4, 0.5) is 0 Å². The van der Waals surface area contributed by atoms with Crippen LogP contribution in [0.5, 0.6) is 0 Å². The number of rotatable bonds is 6. The third-order valence-electron chi connectivity index (χ3n) is 4.48. The van der Waals surface area contributed by atoms with Gasteiger partial charge in [0, 0.05) is 43.4 Å². The van der Waals surface area contributed by atoms with Crippen molar-refractivity contribution in [2.45, 2.75) is 11.8 Å². The molecule has 3 rings (SSSR count). The van der Waals surface area contributed by atoms with Gasteiger partial charge in [-0.1, -0.05) is 18.2 Å². The predicted octanol–water partition coefficient (Wildman–Crippen LogP) is 1.81. The minimum Gasteiger partial charge on any atom is -0.459 e. The van der Waals surface area contributed by atoms with E-state index in [-0.39, 0.29) is 5.91 Å². The second-order valence-corrected chi connectivity index (χ2v) is 7.93. The molecule has 0 radical (unpaired) electrons. The van der Waals surface area contributed by atoms with E-state index >= 15 is 0 Å². The molecule has 1 amide bonds. The van der Waals surface area contributed by atoms with Crippen LogP contribution in [0.25, 0.3) is 0 Å². The van der Waals surface area contributed by atoms with Gasteiger partial charge in [0.1, 0.15) is 0 Å². The monoisotopic (exact) mass is 402 g/mol. The van der Waals surface area contributed by atoms with Crippen LogP contribution in [0, 0.1) is 0 Å². The fourth-order valence-corrected chi connectivity index (χ4v) is 3.98. The fourth-order valence-electron chi connectivity index (χ4n) is 3.03. The van der Waals surface area contributed by atoms with Crippen molar-refractivity contribution in [2.75, 3.05) is 45.0 Å². The highest BCUT2D eigenvalue weighted by molar-refractivity contribution is 7.85. The summed E-state index contributed by atoms with van der Waals surface area (Å²) in [6.07, 6.45) is 1.51. The smallest absolute Gasteiger partial charge is 0.289 e. The van der Waals surface area contributed by atoms with Crippen LogP contribution in [0.15, 0.2) is 63.0 Å². The van der Waals surface area contributed by atoms with Gasteiger partial charge in [0.25, 0.3) is 5.91 Å². The lowest BCUT2D eigenvalue weighted by molar-refractivity contribution is 0.0657. The highest BCUT2D eigenvalue weighted by atomic mass is 32.2. The summed E-state index contributed by atoms with van der Waals surface area (Å²) in [5.74, 6) is 1.58. The van der Waals surface area contributed by atoms with Crippen LogP contribution < -0.4 is 5.32 Å². The van der Waals surface area contributed by atoms with Crippen LogP contribution in [0.1, 0.15) is 17.5 Å². The molecule has 1 saturated heterocycles. The van der Waals surface area contributed by atoms with E-state index in [0.717, 1.165) is 17.4 Å². The van der Waals surface area contributed by atoms with Crippen molar-refractivity contribution in [3.63, 3.8) is 0 Å². The normalized spacial score (nSPS) is 16.1. The molecule has 150 valence electrons. The van der Waals surface area contributed by atoms with Crippen molar-refractivity contribution in [3.05, 3.63) is 54.5 Å². The van der Waals surface area contributed by atoms with Crippen molar-refractivity contribution in [3.8, 4) is 0 Å². The first-order valence-electron chi connectivity index (χ1n) is 9.48. The molecule has 0 bridgehead atoms. The number of hydrogen-bond donors (Lipinski definition) is 1. The average Bonchev–Trinajstić information content (AvgIpc) is 3.28. The number of piperazine rings is 1. The van der Waals surface area contributed by atoms with Gasteiger partial charge < -0.3 is 19.5 Å². The van der Waals surface area contributed by atoms with Gasteiger partial charge in [-0.25, -0.2) is 0 Å². The van der Waals surface area contributed by atoms with E-state index in [9.17, 15) is 9.00 Å². The molecule has 1 fully saturated rings. The Balaban J connectivity index is 1.53. The molecule has 1 atom stereocenters. The molecule has 1 unspecified atom stereocenters. The Kier molecular flexibility index (Phi) is 7.25. The number of aliphatic imine (C=N–C) groups is 1. The Morgan fingerprint density at radius 2 is 1.82 bits per heavy atom. The van der Waals surface area contributed by atoms with Crippen LogP contribution in [-0.4, -0.2) is 70.9 Å². The Bertz CT molecular complexity index is 800. The lowest BCUT2D eigenvalue weighted by Crippen LogP contribution is -2.53. The second kappa shape index (κ2) is 10.1. The highest BCUT2D eigenvalue weighted by Gasteiger charge is 2.25. The molecule has 2 heterocycles. The zero-order valence-corrected chi connectivity index (χ0v) is 16.9. The molecular weight excluding hydrogens is 376 g/mol. The quantitative estimate of drug-likeness (QED) is 0.589. The number of nitrogens with one attached hydrogen (secondary N) is 1. The minimum atomic E-state index is -1.05. The van der Waals surface area contributed by atoms with Gasteiger partial charge in [-0.15, -0.1) is 0 Å². The van der Waals surface area contributed by atoms with Gasteiger partial charge in [0.2, 0.25) is 0 Å². The number of carbonyl (C=O) groups is 1. The van der Waals surface area contributed by atoms with Crippen molar-refractivity contribution in [2.24, 2.45) is 4.99 Å². The van der Waals surface area contributed by atoms with E-state index in [4.69, 9.17) is 4.42 Å². The Morgan fingerprint density at radius 3 is 2.46 bits per heavy atom. The zero-order chi connectivity index (χ0) is 19.8. The third kappa shape index (κ3) is 5.22. The number of benzene rings is 1. The van der Waals surface area contributed by atoms with Crippen molar-refractivity contribution in [1.82, 2.24) is 15.1 Å². The Labute approximate surface area is 167 Å². The van der Waals surface area contributed by atoms with E-state index in [1.807, 2.05) is 37.3 Å². The molecule has 0 saturated carbocycles. The molecule has 7 nitrogen and oxygen atoms in total. The molecular formula is C20H26N4O3S. The number of carbonyl (C=O) groups excluding carboxylic acids is 1. The molecule has 8 heteroatoms. The van der Waals surface area contributed by atoms with E-state index in [2.05, 4.69) is 15.2 Å². The summed E-state index contributed by atoms with van der Waals surface area (Å²) < 4.78 is 17.5. The molecule has 0 spiro atoms. The topological polar surface area (TPSA) is 78.2 Å². The lowest BCUT2D eigenvalue weighted by Gasteiger charge is -2.36. The summed E-state index contributed by atoms with van der Waals surface area (Å²) in [5, 5.41) is 3.29. The summed E-state index contributed by atoms with van der Waals surface area (Å²) in [7, 11) is -1.05. The summed E-state index contributed by atoms with van der Waals surface area (Å²) in [5.41, 5.74) is 0. The predicted molar refractivity (Wildman–Crippen MR) is 110 cm³/mol.